The van der Waals surface area contributed by atoms with Gasteiger partial charge in [0.2, 0.25) is 0 Å². The average Bonchev–Trinajstić information content (AvgIpc) is 3.85. The minimum Gasteiger partial charge on any atom is -0.390 e. The minimum atomic E-state index is -2.34. The number of aliphatic hydroxyl groups excluding tert-OH is 2. The first-order valence-electron chi connectivity index (χ1n) is 19.4. The zero-order valence-corrected chi connectivity index (χ0v) is 32.8. The van der Waals surface area contributed by atoms with Gasteiger partial charge in [-0.3, -0.25) is 24.0 Å². The van der Waals surface area contributed by atoms with Gasteiger partial charge in [0, 0.05) is 55.5 Å². The predicted molar refractivity (Wildman–Crippen MR) is 211 cm³/mol. The van der Waals surface area contributed by atoms with Crippen molar-refractivity contribution in [2.75, 3.05) is 16.8 Å². The number of ether oxygens (including phenoxy) is 2. The largest absolute Gasteiger partial charge is 0.390 e. The third-order valence-corrected chi connectivity index (χ3v) is 14.6. The fourth-order valence-corrected chi connectivity index (χ4v) is 11.7. The van der Waals surface area contributed by atoms with Crippen LogP contribution in [-0.2, 0) is 28.7 Å². The third kappa shape index (κ3) is 5.78. The molecule has 3 saturated carbocycles. The molecule has 4 aliphatic carbocycles. The molecule has 4 fully saturated rings. The van der Waals surface area contributed by atoms with Gasteiger partial charge in [-0.25, -0.2) is 13.7 Å². The smallest absolute Gasteiger partial charge is 0.258 e. The summed E-state index contributed by atoms with van der Waals surface area (Å²) in [4.78, 5) is 65.8. The van der Waals surface area contributed by atoms with E-state index in [9.17, 15) is 34.2 Å². The van der Waals surface area contributed by atoms with Crippen LogP contribution in [0.4, 0.5) is 20.2 Å². The Balaban J connectivity index is 0.899. The Morgan fingerprint density at radius 1 is 0.932 bits per heavy atom. The van der Waals surface area contributed by atoms with E-state index in [2.05, 4.69) is 5.32 Å². The van der Waals surface area contributed by atoms with Gasteiger partial charge in [0.25, 0.3) is 17.7 Å². The molecule has 14 heteroatoms. The minimum absolute atomic E-state index is 0.00870. The molecule has 6 aliphatic rings. The molecule has 2 aliphatic heterocycles. The number of benzene rings is 3. The van der Waals surface area contributed by atoms with Gasteiger partial charge in [-0.05, 0) is 104 Å². The summed E-state index contributed by atoms with van der Waals surface area (Å²) in [7, 11) is 0. The topological polar surface area (TPSA) is 160 Å². The molecular formula is C45H40F2N2O9S. The summed E-state index contributed by atoms with van der Waals surface area (Å²) in [5, 5.41) is 24.9. The summed E-state index contributed by atoms with van der Waals surface area (Å²) >= 11 is 1.43. The average molecular weight is 823 g/mol. The van der Waals surface area contributed by atoms with Crippen LogP contribution in [0.25, 0.3) is 0 Å². The van der Waals surface area contributed by atoms with E-state index in [1.807, 2.05) is 24.3 Å². The summed E-state index contributed by atoms with van der Waals surface area (Å²) in [6, 6.07) is 20.7. The summed E-state index contributed by atoms with van der Waals surface area (Å²) < 4.78 is 46.7. The van der Waals surface area contributed by atoms with E-state index in [4.69, 9.17) is 9.47 Å². The van der Waals surface area contributed by atoms with Crippen molar-refractivity contribution in [1.82, 2.24) is 0 Å². The zero-order chi connectivity index (χ0) is 41.6. The zero-order valence-electron chi connectivity index (χ0n) is 32.0. The van der Waals surface area contributed by atoms with E-state index < -0.39 is 88.6 Å². The van der Waals surface area contributed by atoms with Gasteiger partial charge in [0.15, 0.2) is 29.1 Å². The first-order valence-corrected chi connectivity index (χ1v) is 20.2. The molecule has 10 atom stereocenters. The van der Waals surface area contributed by atoms with Crippen molar-refractivity contribution in [2.24, 2.45) is 22.7 Å². The number of fused-ring (bicyclic) bond motifs is 7. The quantitative estimate of drug-likeness (QED) is 0.225. The molecule has 0 unspecified atom stereocenters. The van der Waals surface area contributed by atoms with Crippen LogP contribution in [0, 0.1) is 22.7 Å². The Morgan fingerprint density at radius 3 is 2.34 bits per heavy atom. The fraction of sp³-hybridized carbons (Fsp3) is 0.356. The maximum Gasteiger partial charge on any atom is 0.258 e. The SMILES string of the molecule is C[C@]12C=CC(=O)C=C1[C@@H](F)C[C@H]1[C@@H]3C[C@H]4O[C@@H](c5ccc(Sc6cccc(NC(=O)c7ccc(N8C(=O)C=CC8=O)cc7)c6)cc5)O[C@@]4(C(=O)CO)[C@@]3(C)C[C@H](O)[C@@]12F. The number of rotatable bonds is 8. The number of carbonyl (C=O) groups excluding carboxylic acids is 5. The number of alkyl halides is 2. The monoisotopic (exact) mass is 822 g/mol. The molecule has 2 heterocycles. The van der Waals surface area contributed by atoms with Crippen molar-refractivity contribution in [1.29, 1.82) is 0 Å². The second-order valence-electron chi connectivity index (χ2n) is 16.5. The molecule has 0 aromatic heterocycles. The Morgan fingerprint density at radius 2 is 1.64 bits per heavy atom. The number of carbonyl (C=O) groups is 5. The first-order chi connectivity index (χ1) is 28.1. The molecule has 0 radical (unpaired) electrons. The molecule has 11 nitrogen and oxygen atoms in total. The van der Waals surface area contributed by atoms with Crippen LogP contribution in [-0.4, -0.2) is 75.8 Å². The van der Waals surface area contributed by atoms with E-state index in [-0.39, 0.29) is 30.7 Å². The number of nitrogens with one attached hydrogen (secondary N) is 1. The van der Waals surface area contributed by atoms with Crippen LogP contribution >= 0.6 is 11.8 Å². The van der Waals surface area contributed by atoms with E-state index >= 15 is 8.78 Å². The number of ketones is 2. The number of imide groups is 1. The second kappa shape index (κ2) is 14.0. The normalized spacial score (nSPS) is 35.5. The first kappa shape index (κ1) is 39.3. The molecule has 1 saturated heterocycles. The molecule has 9 rings (SSSR count). The predicted octanol–water partition coefficient (Wildman–Crippen LogP) is 6.16. The van der Waals surface area contributed by atoms with Crippen LogP contribution < -0.4 is 10.2 Å². The van der Waals surface area contributed by atoms with Crippen LogP contribution in [0.5, 0.6) is 0 Å². The lowest BCUT2D eigenvalue weighted by Crippen LogP contribution is -2.70. The highest BCUT2D eigenvalue weighted by atomic mass is 32.2. The van der Waals surface area contributed by atoms with Gasteiger partial charge in [-0.1, -0.05) is 43.0 Å². The van der Waals surface area contributed by atoms with Gasteiger partial charge in [0.1, 0.15) is 12.8 Å². The highest BCUT2D eigenvalue weighted by Gasteiger charge is 2.80. The second-order valence-corrected chi connectivity index (χ2v) is 17.7. The summed E-state index contributed by atoms with van der Waals surface area (Å²) in [5.74, 6) is -4.07. The maximum absolute atomic E-state index is 17.7. The molecule has 3 amide bonds. The van der Waals surface area contributed by atoms with Crippen LogP contribution in [0.2, 0.25) is 0 Å². The molecular weight excluding hydrogens is 783 g/mol. The van der Waals surface area contributed by atoms with Gasteiger partial charge in [0.05, 0.1) is 17.9 Å². The van der Waals surface area contributed by atoms with Gasteiger partial charge < -0.3 is 25.0 Å². The Hall–Kier alpha value is -5.12. The lowest BCUT2D eigenvalue weighted by Gasteiger charge is -2.63. The van der Waals surface area contributed by atoms with Crippen molar-refractivity contribution in [3.8, 4) is 0 Å². The third-order valence-electron chi connectivity index (χ3n) is 13.6. The van der Waals surface area contributed by atoms with Gasteiger partial charge in [-0.2, -0.15) is 0 Å². The van der Waals surface area contributed by atoms with Gasteiger partial charge >= 0.3 is 0 Å². The number of nitrogens with zero attached hydrogens (tertiary/aromatic N) is 1. The van der Waals surface area contributed by atoms with Crippen molar-refractivity contribution < 1.29 is 52.4 Å². The number of anilines is 2. The highest BCUT2D eigenvalue weighted by molar-refractivity contribution is 7.99. The number of aliphatic hydroxyl groups is 2. The van der Waals surface area contributed by atoms with E-state index in [1.165, 1.54) is 67.3 Å². The van der Waals surface area contributed by atoms with Crippen molar-refractivity contribution in [3.63, 3.8) is 0 Å². The maximum atomic E-state index is 17.7. The van der Waals surface area contributed by atoms with Crippen LogP contribution in [0.15, 0.2) is 119 Å². The molecule has 0 spiro atoms. The standard InChI is InChI=1S/C45H40F2N2O9S/c1-42-17-16-28(51)19-33(42)34(46)20-32-31-21-37-45(36(53)23-50,43(31,2)22-35(52)44(32,42)47)58-41(57-37)25-8-12-29(13-9-25)59-30-5-3-4-26(18-30)48-40(56)24-6-10-27(11-7-24)49-38(54)14-15-39(49)55/h3-19,31-32,34-35,37,41,50,52H,20-23H2,1-2H3,(H,48,56)/t31-,32-,34-,35-,37+,41+,42-,43-,44-,45+/m0/s1. The van der Waals surface area contributed by atoms with E-state index in [0.717, 1.165) is 20.8 Å². The van der Waals surface area contributed by atoms with Crippen molar-refractivity contribution in [2.45, 2.75) is 78.8 Å². The summed E-state index contributed by atoms with van der Waals surface area (Å²) in [5.41, 5.74) is -5.06. The lowest BCUT2D eigenvalue weighted by atomic mass is 9.44. The molecule has 3 aromatic carbocycles. The Labute approximate surface area is 342 Å². The number of hydrogen-bond acceptors (Lipinski definition) is 10. The van der Waals surface area contributed by atoms with Crippen LogP contribution in [0.3, 0.4) is 0 Å². The molecule has 3 N–H and O–H groups in total. The molecule has 3 aromatic rings. The molecule has 304 valence electrons. The fourth-order valence-electron chi connectivity index (χ4n) is 10.8. The lowest BCUT2D eigenvalue weighted by molar-refractivity contribution is -0.235. The number of hydrogen-bond donors (Lipinski definition) is 3. The Kier molecular flexibility index (Phi) is 9.33. The van der Waals surface area contributed by atoms with Crippen molar-refractivity contribution in [3.05, 3.63) is 120 Å². The van der Waals surface area contributed by atoms with Crippen LogP contribution in [0.1, 0.15) is 55.3 Å². The number of allylic oxidation sites excluding steroid dienone is 4. The molecule has 0 bridgehead atoms. The number of amides is 3. The number of halogens is 2. The summed E-state index contributed by atoms with van der Waals surface area (Å²) in [6.45, 7) is 2.38. The van der Waals surface area contributed by atoms with E-state index in [1.54, 1.807) is 31.2 Å². The Bertz CT molecular complexity index is 2390. The number of Topliss-reactive ketones (excluding diaryl/α,β-unsaturated/α-hetero) is 1. The summed E-state index contributed by atoms with van der Waals surface area (Å²) in [6.07, 6.45) is 0.501. The van der Waals surface area contributed by atoms with E-state index in [0.29, 0.717) is 22.5 Å². The van der Waals surface area contributed by atoms with Gasteiger partial charge in [-0.15, -0.1) is 0 Å². The molecule has 59 heavy (non-hydrogen) atoms. The van der Waals surface area contributed by atoms with Crippen molar-refractivity contribution >= 4 is 52.4 Å². The highest BCUT2D eigenvalue weighted by Crippen LogP contribution is 2.72.